The van der Waals surface area contributed by atoms with Crippen molar-refractivity contribution in [1.82, 2.24) is 9.88 Å². The average Bonchev–Trinajstić information content (AvgIpc) is 3.22. The standard InChI is InChI=1S/C27H24FN3O3S/c1-18-17-35-27(30-26(33)22-7-4-8-24(14-22)34-2)31(18)16-20-5-3-6-21(13-20)25(32)29-15-19-9-11-23(28)12-10-19/h3-14,17H,15-16H2,1-2H3,(H,29,32). The maximum atomic E-state index is 13.1. The summed E-state index contributed by atoms with van der Waals surface area (Å²) in [5, 5.41) is 4.80. The van der Waals surface area contributed by atoms with Gasteiger partial charge < -0.3 is 14.6 Å². The highest BCUT2D eigenvalue weighted by Crippen LogP contribution is 2.14. The van der Waals surface area contributed by atoms with Crippen molar-refractivity contribution in [2.45, 2.75) is 20.0 Å². The van der Waals surface area contributed by atoms with Gasteiger partial charge >= 0.3 is 0 Å². The van der Waals surface area contributed by atoms with E-state index in [-0.39, 0.29) is 17.6 Å². The Morgan fingerprint density at radius 2 is 1.74 bits per heavy atom. The van der Waals surface area contributed by atoms with Gasteiger partial charge in [0.05, 0.1) is 13.7 Å². The predicted molar refractivity (Wildman–Crippen MR) is 133 cm³/mol. The molecule has 8 heteroatoms. The number of thiazole rings is 1. The molecule has 0 atom stereocenters. The zero-order chi connectivity index (χ0) is 24.8. The number of amides is 2. The molecular formula is C27H24FN3O3S. The number of aromatic nitrogens is 1. The zero-order valence-corrected chi connectivity index (χ0v) is 20.1. The minimum absolute atomic E-state index is 0.221. The summed E-state index contributed by atoms with van der Waals surface area (Å²) in [7, 11) is 1.55. The van der Waals surface area contributed by atoms with E-state index < -0.39 is 0 Å². The SMILES string of the molecule is COc1cccc(C(=O)N=c2scc(C)n2Cc2cccc(C(=O)NCc3ccc(F)cc3)c2)c1. The number of hydrogen-bond acceptors (Lipinski definition) is 4. The molecule has 0 saturated heterocycles. The molecule has 178 valence electrons. The third kappa shape index (κ3) is 6.10. The molecule has 0 spiro atoms. The number of nitrogens with zero attached hydrogens (tertiary/aromatic N) is 2. The number of carbonyl (C=O) groups is 2. The molecule has 0 fully saturated rings. The zero-order valence-electron chi connectivity index (χ0n) is 19.3. The van der Waals surface area contributed by atoms with Crippen LogP contribution in [0.25, 0.3) is 0 Å². The van der Waals surface area contributed by atoms with Gasteiger partial charge in [-0.3, -0.25) is 9.59 Å². The molecule has 0 bridgehead atoms. The first-order chi connectivity index (χ1) is 16.9. The van der Waals surface area contributed by atoms with Gasteiger partial charge in [-0.2, -0.15) is 4.99 Å². The molecule has 1 N–H and O–H groups in total. The Bertz CT molecular complexity index is 1420. The number of nitrogens with one attached hydrogen (secondary N) is 1. The highest BCUT2D eigenvalue weighted by Gasteiger charge is 2.10. The fourth-order valence-electron chi connectivity index (χ4n) is 3.48. The summed E-state index contributed by atoms with van der Waals surface area (Å²) >= 11 is 1.38. The van der Waals surface area contributed by atoms with Crippen molar-refractivity contribution in [3.8, 4) is 5.75 Å². The van der Waals surface area contributed by atoms with Crippen LogP contribution in [-0.4, -0.2) is 23.5 Å². The Balaban J connectivity index is 1.51. The molecule has 4 aromatic rings. The number of benzene rings is 3. The van der Waals surface area contributed by atoms with Crippen molar-refractivity contribution in [3.63, 3.8) is 0 Å². The van der Waals surface area contributed by atoms with Crippen LogP contribution in [0.15, 0.2) is 83.2 Å². The first kappa shape index (κ1) is 24.1. The largest absolute Gasteiger partial charge is 0.497 e. The Morgan fingerprint density at radius 3 is 2.51 bits per heavy atom. The molecule has 3 aromatic carbocycles. The first-order valence-electron chi connectivity index (χ1n) is 10.9. The second kappa shape index (κ2) is 10.9. The second-order valence-corrected chi connectivity index (χ2v) is 8.74. The second-order valence-electron chi connectivity index (χ2n) is 7.90. The summed E-state index contributed by atoms with van der Waals surface area (Å²) < 4.78 is 20.2. The molecule has 6 nitrogen and oxygen atoms in total. The quantitative estimate of drug-likeness (QED) is 0.408. The van der Waals surface area contributed by atoms with Crippen molar-refractivity contribution < 1.29 is 18.7 Å². The van der Waals surface area contributed by atoms with Crippen LogP contribution >= 0.6 is 11.3 Å². The van der Waals surface area contributed by atoms with Crippen LogP contribution in [0.4, 0.5) is 4.39 Å². The number of hydrogen-bond donors (Lipinski definition) is 1. The van der Waals surface area contributed by atoms with Gasteiger partial charge in [0.1, 0.15) is 11.6 Å². The van der Waals surface area contributed by atoms with Crippen LogP contribution in [0, 0.1) is 12.7 Å². The summed E-state index contributed by atoms with van der Waals surface area (Å²) in [6.07, 6.45) is 0. The lowest BCUT2D eigenvalue weighted by atomic mass is 10.1. The Hall–Kier alpha value is -4.04. The van der Waals surface area contributed by atoms with E-state index in [1.807, 2.05) is 35.1 Å². The van der Waals surface area contributed by atoms with Crippen molar-refractivity contribution in [2.24, 2.45) is 4.99 Å². The lowest BCUT2D eigenvalue weighted by molar-refractivity contribution is 0.0949. The normalized spacial score (nSPS) is 11.3. The third-order valence-corrected chi connectivity index (χ3v) is 6.38. The fraction of sp³-hybridized carbons (Fsp3) is 0.148. The van der Waals surface area contributed by atoms with E-state index in [4.69, 9.17) is 4.74 Å². The molecule has 0 radical (unpaired) electrons. The molecule has 0 aliphatic heterocycles. The highest BCUT2D eigenvalue weighted by atomic mass is 32.1. The third-order valence-electron chi connectivity index (χ3n) is 5.40. The molecular weight excluding hydrogens is 465 g/mol. The molecule has 2 amide bonds. The molecule has 1 heterocycles. The summed E-state index contributed by atoms with van der Waals surface area (Å²) in [5.74, 6) is -0.296. The van der Waals surface area contributed by atoms with Crippen LogP contribution in [-0.2, 0) is 13.1 Å². The van der Waals surface area contributed by atoms with Gasteiger partial charge in [-0.05, 0) is 60.5 Å². The molecule has 0 aliphatic carbocycles. The number of ether oxygens (including phenoxy) is 1. The van der Waals surface area contributed by atoms with Gasteiger partial charge in [0.15, 0.2) is 4.80 Å². The van der Waals surface area contributed by atoms with Crippen LogP contribution in [0.5, 0.6) is 5.75 Å². The smallest absolute Gasteiger partial charge is 0.279 e. The van der Waals surface area contributed by atoms with Gasteiger partial charge in [-0.25, -0.2) is 4.39 Å². The highest BCUT2D eigenvalue weighted by molar-refractivity contribution is 7.07. The van der Waals surface area contributed by atoms with E-state index in [9.17, 15) is 14.0 Å². The fourth-order valence-corrected chi connectivity index (χ4v) is 4.36. The minimum Gasteiger partial charge on any atom is -0.497 e. The molecule has 0 unspecified atom stereocenters. The van der Waals surface area contributed by atoms with Crippen LogP contribution < -0.4 is 14.9 Å². The summed E-state index contributed by atoms with van der Waals surface area (Å²) in [6, 6.07) is 20.2. The van der Waals surface area contributed by atoms with Gasteiger partial charge in [0.2, 0.25) is 0 Å². The maximum Gasteiger partial charge on any atom is 0.279 e. The van der Waals surface area contributed by atoms with E-state index >= 15 is 0 Å². The molecule has 0 aliphatic rings. The van der Waals surface area contributed by atoms with Gasteiger partial charge in [-0.15, -0.1) is 11.3 Å². The van der Waals surface area contributed by atoms with Gasteiger partial charge in [0, 0.05) is 28.7 Å². The minimum atomic E-state index is -0.353. The number of rotatable bonds is 7. The van der Waals surface area contributed by atoms with Crippen molar-refractivity contribution >= 4 is 23.2 Å². The summed E-state index contributed by atoms with van der Waals surface area (Å²) in [4.78, 5) is 30.3. The maximum absolute atomic E-state index is 13.1. The van der Waals surface area contributed by atoms with E-state index in [0.717, 1.165) is 16.8 Å². The molecule has 4 rings (SSSR count). The number of aryl methyl sites for hydroxylation is 1. The number of carbonyl (C=O) groups excluding carboxylic acids is 2. The molecule has 1 aromatic heterocycles. The van der Waals surface area contributed by atoms with Crippen LogP contribution in [0.3, 0.4) is 0 Å². The molecule has 35 heavy (non-hydrogen) atoms. The lowest BCUT2D eigenvalue weighted by Crippen LogP contribution is -2.23. The van der Waals surface area contributed by atoms with E-state index in [2.05, 4.69) is 10.3 Å². The Kier molecular flexibility index (Phi) is 7.52. The Morgan fingerprint density at radius 1 is 1.00 bits per heavy atom. The monoisotopic (exact) mass is 489 g/mol. The van der Waals surface area contributed by atoms with Gasteiger partial charge in [0.25, 0.3) is 11.8 Å². The lowest BCUT2D eigenvalue weighted by Gasteiger charge is -2.09. The van der Waals surface area contributed by atoms with E-state index in [0.29, 0.717) is 34.8 Å². The topological polar surface area (TPSA) is 72.7 Å². The van der Waals surface area contributed by atoms with E-state index in [1.54, 1.807) is 49.6 Å². The van der Waals surface area contributed by atoms with E-state index in [1.165, 1.54) is 23.5 Å². The van der Waals surface area contributed by atoms with Crippen molar-refractivity contribution in [3.05, 3.63) is 117 Å². The van der Waals surface area contributed by atoms with Crippen molar-refractivity contribution in [2.75, 3.05) is 7.11 Å². The summed E-state index contributed by atoms with van der Waals surface area (Å²) in [6.45, 7) is 2.71. The predicted octanol–water partition coefficient (Wildman–Crippen LogP) is 4.73. The van der Waals surface area contributed by atoms with Crippen LogP contribution in [0.1, 0.15) is 37.5 Å². The number of halogens is 1. The van der Waals surface area contributed by atoms with Crippen molar-refractivity contribution in [1.29, 1.82) is 0 Å². The average molecular weight is 490 g/mol. The first-order valence-corrected chi connectivity index (χ1v) is 11.8. The summed E-state index contributed by atoms with van der Waals surface area (Å²) in [5.41, 5.74) is 3.63. The number of methoxy groups -OCH3 is 1. The van der Waals surface area contributed by atoms with Crippen LogP contribution in [0.2, 0.25) is 0 Å². The molecule has 0 saturated carbocycles. The Labute approximate surface area is 206 Å². The van der Waals surface area contributed by atoms with Gasteiger partial charge in [-0.1, -0.05) is 30.3 Å².